The number of hydrogen-bond acceptors (Lipinski definition) is 5. The zero-order valence-corrected chi connectivity index (χ0v) is 13.8. The summed E-state index contributed by atoms with van der Waals surface area (Å²) in [5.74, 6) is 0.0162. The molecule has 0 saturated carbocycles. The largest absolute Gasteiger partial charge is 0.494 e. The van der Waals surface area contributed by atoms with Crippen molar-refractivity contribution in [2.75, 3.05) is 13.7 Å². The van der Waals surface area contributed by atoms with E-state index in [1.165, 1.54) is 0 Å². The highest BCUT2D eigenvalue weighted by Gasteiger charge is 2.17. The number of carboxylic acids is 1. The summed E-state index contributed by atoms with van der Waals surface area (Å²) < 4.78 is 5.42. The second kappa shape index (κ2) is 7.38. The number of aliphatic carboxylic acids is 1. The van der Waals surface area contributed by atoms with Crippen LogP contribution in [0.5, 0.6) is 5.75 Å². The zero-order valence-electron chi connectivity index (χ0n) is 12.9. The maximum Gasteiger partial charge on any atom is 0.320 e. The Morgan fingerprint density at radius 3 is 2.68 bits per heavy atom. The molecule has 0 fully saturated rings. The highest BCUT2D eigenvalue weighted by Crippen LogP contribution is 2.26. The topological polar surface area (TPSA) is 62.7 Å². The maximum absolute atomic E-state index is 11.0. The number of hydrogen-bond donors (Lipinski definition) is 1. The average molecular weight is 320 g/mol. The third-order valence-corrected chi connectivity index (χ3v) is 4.33. The van der Waals surface area contributed by atoms with E-state index in [0.717, 1.165) is 22.0 Å². The first-order chi connectivity index (χ1) is 10.5. The Hall–Kier alpha value is -1.92. The lowest BCUT2D eigenvalue weighted by Crippen LogP contribution is -2.35. The second-order valence-corrected chi connectivity index (χ2v) is 5.89. The highest BCUT2D eigenvalue weighted by atomic mass is 32.1. The second-order valence-electron chi connectivity index (χ2n) is 5.03. The van der Waals surface area contributed by atoms with Gasteiger partial charge in [0.25, 0.3) is 0 Å². The van der Waals surface area contributed by atoms with Crippen molar-refractivity contribution in [2.45, 2.75) is 26.4 Å². The minimum absolute atomic E-state index is 0.515. The van der Waals surface area contributed by atoms with Crippen molar-refractivity contribution < 1.29 is 14.6 Å². The van der Waals surface area contributed by atoms with Crippen molar-refractivity contribution in [1.82, 2.24) is 9.88 Å². The van der Waals surface area contributed by atoms with Gasteiger partial charge in [-0.2, -0.15) is 0 Å². The molecule has 1 aromatic heterocycles. The van der Waals surface area contributed by atoms with Crippen molar-refractivity contribution in [2.24, 2.45) is 0 Å². The van der Waals surface area contributed by atoms with E-state index in [9.17, 15) is 4.79 Å². The van der Waals surface area contributed by atoms with Crippen LogP contribution in [0.1, 0.15) is 19.5 Å². The fraction of sp³-hybridized carbons (Fsp3) is 0.375. The molecule has 1 unspecified atom stereocenters. The lowest BCUT2D eigenvalue weighted by atomic mass is 10.2. The maximum atomic E-state index is 11.0. The summed E-state index contributed by atoms with van der Waals surface area (Å²) in [4.78, 5) is 17.3. The van der Waals surface area contributed by atoms with Crippen LogP contribution in [0.2, 0.25) is 0 Å². The van der Waals surface area contributed by atoms with Gasteiger partial charge in [0.15, 0.2) is 0 Å². The van der Waals surface area contributed by atoms with E-state index in [2.05, 4.69) is 4.98 Å². The summed E-state index contributed by atoms with van der Waals surface area (Å²) in [6, 6.07) is 7.29. The first-order valence-electron chi connectivity index (χ1n) is 7.12. The standard InChI is InChI=1S/C16H20N2O3S/c1-4-21-14-7-5-12(6-8-14)15-17-13(10-22-15)9-18(3)11(2)16(19)20/h5-8,10-11H,4,9H2,1-3H3,(H,19,20). The van der Waals surface area contributed by atoms with E-state index in [-0.39, 0.29) is 0 Å². The summed E-state index contributed by atoms with van der Waals surface area (Å²) in [6.45, 7) is 4.79. The predicted molar refractivity (Wildman–Crippen MR) is 87.3 cm³/mol. The molecule has 0 aliphatic carbocycles. The van der Waals surface area contributed by atoms with E-state index >= 15 is 0 Å². The molecule has 6 heteroatoms. The SMILES string of the molecule is CCOc1ccc(-c2nc(CN(C)C(C)C(=O)O)cs2)cc1. The minimum atomic E-state index is -0.829. The number of benzene rings is 1. The average Bonchev–Trinajstić information content (AvgIpc) is 2.96. The monoisotopic (exact) mass is 320 g/mol. The summed E-state index contributed by atoms with van der Waals surface area (Å²) in [6.07, 6.45) is 0. The van der Waals surface area contributed by atoms with Gasteiger partial charge in [-0.1, -0.05) is 0 Å². The van der Waals surface area contributed by atoms with Crippen LogP contribution in [0.4, 0.5) is 0 Å². The summed E-state index contributed by atoms with van der Waals surface area (Å²) in [5, 5.41) is 11.9. The van der Waals surface area contributed by atoms with Crippen LogP contribution in [-0.2, 0) is 11.3 Å². The fourth-order valence-corrected chi connectivity index (χ4v) is 2.77. The highest BCUT2D eigenvalue weighted by molar-refractivity contribution is 7.13. The number of rotatable bonds is 7. The first-order valence-corrected chi connectivity index (χ1v) is 8.00. The van der Waals surface area contributed by atoms with Gasteiger partial charge in [-0.15, -0.1) is 11.3 Å². The van der Waals surface area contributed by atoms with Gasteiger partial charge >= 0.3 is 5.97 Å². The number of likely N-dealkylation sites (N-methyl/N-ethyl adjacent to an activating group) is 1. The molecule has 0 radical (unpaired) electrons. The molecule has 0 bridgehead atoms. The number of ether oxygens (including phenoxy) is 1. The molecular weight excluding hydrogens is 300 g/mol. The Morgan fingerprint density at radius 1 is 1.41 bits per heavy atom. The lowest BCUT2D eigenvalue weighted by molar-refractivity contribution is -0.142. The third-order valence-electron chi connectivity index (χ3n) is 3.39. The van der Waals surface area contributed by atoms with Gasteiger partial charge in [-0.25, -0.2) is 4.98 Å². The first kappa shape index (κ1) is 16.5. The number of nitrogens with zero attached hydrogens (tertiary/aromatic N) is 2. The van der Waals surface area contributed by atoms with Gasteiger partial charge in [0, 0.05) is 17.5 Å². The molecular formula is C16H20N2O3S. The minimum Gasteiger partial charge on any atom is -0.494 e. The summed E-state index contributed by atoms with van der Waals surface area (Å²) >= 11 is 1.56. The zero-order chi connectivity index (χ0) is 16.1. The van der Waals surface area contributed by atoms with E-state index in [4.69, 9.17) is 9.84 Å². The van der Waals surface area contributed by atoms with Crippen molar-refractivity contribution in [3.8, 4) is 16.3 Å². The van der Waals surface area contributed by atoms with Crippen LogP contribution >= 0.6 is 11.3 Å². The Balaban J connectivity index is 2.06. The van der Waals surface area contributed by atoms with Crippen LogP contribution in [0.15, 0.2) is 29.6 Å². The quantitative estimate of drug-likeness (QED) is 0.849. The van der Waals surface area contributed by atoms with E-state index in [0.29, 0.717) is 13.2 Å². The molecule has 5 nitrogen and oxygen atoms in total. The van der Waals surface area contributed by atoms with E-state index in [1.54, 1.807) is 30.2 Å². The molecule has 22 heavy (non-hydrogen) atoms. The van der Waals surface area contributed by atoms with Gasteiger partial charge in [-0.05, 0) is 45.2 Å². The molecule has 0 amide bonds. The molecule has 1 aromatic carbocycles. The van der Waals surface area contributed by atoms with E-state index < -0.39 is 12.0 Å². The summed E-state index contributed by atoms with van der Waals surface area (Å²) in [7, 11) is 1.79. The van der Waals surface area contributed by atoms with Gasteiger partial charge in [-0.3, -0.25) is 9.69 Å². The van der Waals surface area contributed by atoms with Crippen LogP contribution in [-0.4, -0.2) is 40.7 Å². The van der Waals surface area contributed by atoms with Crippen molar-refractivity contribution >= 4 is 17.3 Å². The van der Waals surface area contributed by atoms with Crippen LogP contribution in [0.25, 0.3) is 10.6 Å². The number of carboxylic acid groups (broad SMARTS) is 1. The van der Waals surface area contributed by atoms with Gasteiger partial charge in [0.05, 0.1) is 12.3 Å². The van der Waals surface area contributed by atoms with E-state index in [1.807, 2.05) is 36.6 Å². The van der Waals surface area contributed by atoms with Crippen LogP contribution < -0.4 is 4.74 Å². The molecule has 0 aliphatic heterocycles. The molecule has 2 rings (SSSR count). The molecule has 2 aromatic rings. The molecule has 0 saturated heterocycles. The number of aromatic nitrogens is 1. The normalized spacial score (nSPS) is 12.4. The Morgan fingerprint density at radius 2 is 2.09 bits per heavy atom. The van der Waals surface area contributed by atoms with Crippen LogP contribution in [0.3, 0.4) is 0 Å². The van der Waals surface area contributed by atoms with Gasteiger partial charge in [0.2, 0.25) is 0 Å². The fourth-order valence-electron chi connectivity index (χ4n) is 1.95. The number of thiazole rings is 1. The molecule has 0 aliphatic rings. The molecule has 1 N–H and O–H groups in total. The third kappa shape index (κ3) is 4.05. The van der Waals surface area contributed by atoms with Crippen molar-refractivity contribution in [3.05, 3.63) is 35.3 Å². The Bertz CT molecular complexity index is 625. The van der Waals surface area contributed by atoms with Gasteiger partial charge in [0.1, 0.15) is 16.8 Å². The van der Waals surface area contributed by atoms with Crippen LogP contribution in [0, 0.1) is 0 Å². The summed E-state index contributed by atoms with van der Waals surface area (Å²) in [5.41, 5.74) is 1.91. The Kier molecular flexibility index (Phi) is 5.51. The van der Waals surface area contributed by atoms with Gasteiger partial charge < -0.3 is 9.84 Å². The lowest BCUT2D eigenvalue weighted by Gasteiger charge is -2.19. The molecule has 1 atom stereocenters. The number of carbonyl (C=O) groups is 1. The smallest absolute Gasteiger partial charge is 0.320 e. The van der Waals surface area contributed by atoms with Crippen molar-refractivity contribution in [3.63, 3.8) is 0 Å². The molecule has 0 spiro atoms. The molecule has 1 heterocycles. The van der Waals surface area contributed by atoms with Crippen molar-refractivity contribution in [1.29, 1.82) is 0 Å². The Labute approximate surface area is 134 Å². The predicted octanol–water partition coefficient (Wildman–Crippen LogP) is 3.11. The molecule has 118 valence electrons.